The van der Waals surface area contributed by atoms with Gasteiger partial charge < -0.3 is 19.4 Å². The van der Waals surface area contributed by atoms with E-state index in [0.717, 1.165) is 23.4 Å². The summed E-state index contributed by atoms with van der Waals surface area (Å²) in [5.41, 5.74) is 3.00. The third-order valence-corrected chi connectivity index (χ3v) is 3.85. The third kappa shape index (κ3) is 3.88. The van der Waals surface area contributed by atoms with Crippen LogP contribution in [0.2, 0.25) is 0 Å². The summed E-state index contributed by atoms with van der Waals surface area (Å²) >= 11 is 0. The standard InChI is InChI=1S/C18H23N3O3/c1-18(2,3)24-17(22)21-8-7-15-13(11-21)5-4-6-16(15)20-10-14-9-19-12-23-14/h4-6,9,12,20H,7-8,10-11H2,1-3H3. The van der Waals surface area contributed by atoms with Crippen LogP contribution >= 0.6 is 0 Å². The molecule has 0 radical (unpaired) electrons. The van der Waals surface area contributed by atoms with Gasteiger partial charge in [-0.15, -0.1) is 0 Å². The third-order valence-electron chi connectivity index (χ3n) is 3.85. The number of rotatable bonds is 3. The fourth-order valence-corrected chi connectivity index (χ4v) is 2.77. The van der Waals surface area contributed by atoms with E-state index in [1.165, 1.54) is 12.0 Å². The van der Waals surface area contributed by atoms with Gasteiger partial charge in [-0.1, -0.05) is 12.1 Å². The average molecular weight is 329 g/mol. The highest BCUT2D eigenvalue weighted by Crippen LogP contribution is 2.27. The zero-order chi connectivity index (χ0) is 17.2. The van der Waals surface area contributed by atoms with Crippen molar-refractivity contribution in [3.63, 3.8) is 0 Å². The molecule has 1 aromatic heterocycles. The maximum Gasteiger partial charge on any atom is 0.410 e. The number of nitrogens with zero attached hydrogens (tertiary/aromatic N) is 2. The zero-order valence-corrected chi connectivity index (χ0v) is 14.3. The molecule has 0 atom stereocenters. The molecule has 1 aliphatic heterocycles. The van der Waals surface area contributed by atoms with Crippen molar-refractivity contribution in [3.8, 4) is 0 Å². The Labute approximate surface area is 141 Å². The lowest BCUT2D eigenvalue weighted by Crippen LogP contribution is -2.40. The molecule has 1 aromatic carbocycles. The summed E-state index contributed by atoms with van der Waals surface area (Å²) in [7, 11) is 0. The van der Waals surface area contributed by atoms with Crippen molar-refractivity contribution in [2.45, 2.75) is 45.9 Å². The molecule has 1 aliphatic rings. The molecule has 0 spiro atoms. The molecule has 128 valence electrons. The van der Waals surface area contributed by atoms with Crippen LogP contribution in [0.3, 0.4) is 0 Å². The Morgan fingerprint density at radius 3 is 2.96 bits per heavy atom. The Morgan fingerprint density at radius 1 is 1.42 bits per heavy atom. The van der Waals surface area contributed by atoms with Crippen LogP contribution in [0.4, 0.5) is 10.5 Å². The van der Waals surface area contributed by atoms with E-state index in [1.807, 2.05) is 26.8 Å². The minimum Gasteiger partial charge on any atom is -0.447 e. The largest absolute Gasteiger partial charge is 0.447 e. The molecule has 6 heteroatoms. The highest BCUT2D eigenvalue weighted by Gasteiger charge is 2.26. The van der Waals surface area contributed by atoms with E-state index < -0.39 is 5.60 Å². The van der Waals surface area contributed by atoms with E-state index in [-0.39, 0.29) is 6.09 Å². The molecule has 2 aromatic rings. The first-order valence-electron chi connectivity index (χ1n) is 8.12. The van der Waals surface area contributed by atoms with Crippen LogP contribution in [-0.2, 0) is 24.2 Å². The van der Waals surface area contributed by atoms with E-state index in [2.05, 4.69) is 22.4 Å². The first kappa shape index (κ1) is 16.4. The number of carbonyl (C=O) groups excluding carboxylic acids is 1. The number of fused-ring (bicyclic) bond motifs is 1. The van der Waals surface area contributed by atoms with E-state index in [4.69, 9.17) is 9.15 Å². The van der Waals surface area contributed by atoms with Gasteiger partial charge in [0.15, 0.2) is 6.39 Å². The van der Waals surface area contributed by atoms with Gasteiger partial charge in [-0.3, -0.25) is 0 Å². The number of amides is 1. The van der Waals surface area contributed by atoms with Crippen LogP contribution in [0.25, 0.3) is 0 Å². The predicted octanol–water partition coefficient (Wildman–Crippen LogP) is 3.58. The number of hydrogen-bond donors (Lipinski definition) is 1. The molecule has 1 N–H and O–H groups in total. The van der Waals surface area contributed by atoms with Gasteiger partial charge in [0.1, 0.15) is 11.4 Å². The lowest BCUT2D eigenvalue weighted by atomic mass is 9.98. The Balaban J connectivity index is 1.69. The van der Waals surface area contributed by atoms with Crippen molar-refractivity contribution < 1.29 is 13.9 Å². The van der Waals surface area contributed by atoms with Crippen molar-refractivity contribution in [2.24, 2.45) is 0 Å². The molecule has 6 nitrogen and oxygen atoms in total. The van der Waals surface area contributed by atoms with E-state index >= 15 is 0 Å². The second-order valence-electron chi connectivity index (χ2n) is 6.92. The highest BCUT2D eigenvalue weighted by molar-refractivity contribution is 5.69. The topological polar surface area (TPSA) is 67.6 Å². The second-order valence-corrected chi connectivity index (χ2v) is 6.92. The number of nitrogens with one attached hydrogen (secondary N) is 1. The maximum absolute atomic E-state index is 12.3. The van der Waals surface area contributed by atoms with E-state index in [0.29, 0.717) is 19.6 Å². The Hall–Kier alpha value is -2.50. The summed E-state index contributed by atoms with van der Waals surface area (Å²) in [5.74, 6) is 0.791. The Morgan fingerprint density at radius 2 is 2.25 bits per heavy atom. The molecular weight excluding hydrogens is 306 g/mol. The molecule has 0 unspecified atom stereocenters. The molecule has 24 heavy (non-hydrogen) atoms. The SMILES string of the molecule is CC(C)(C)OC(=O)N1CCc2c(cccc2NCc2cnco2)C1. The molecule has 0 saturated heterocycles. The summed E-state index contributed by atoms with van der Waals surface area (Å²) in [6, 6.07) is 6.12. The summed E-state index contributed by atoms with van der Waals surface area (Å²) in [4.78, 5) is 17.9. The fourth-order valence-electron chi connectivity index (χ4n) is 2.77. The van der Waals surface area contributed by atoms with Crippen LogP contribution in [0.5, 0.6) is 0 Å². The van der Waals surface area contributed by atoms with Gasteiger partial charge in [-0.2, -0.15) is 0 Å². The quantitative estimate of drug-likeness (QED) is 0.932. The van der Waals surface area contributed by atoms with Gasteiger partial charge in [-0.25, -0.2) is 9.78 Å². The summed E-state index contributed by atoms with van der Waals surface area (Å²) in [6.45, 7) is 7.47. The Bertz CT molecular complexity index is 705. The van der Waals surface area contributed by atoms with Gasteiger partial charge in [-0.05, 0) is 44.4 Å². The molecule has 3 rings (SSSR count). The average Bonchev–Trinajstić information content (AvgIpc) is 3.04. The number of benzene rings is 1. The number of aromatic nitrogens is 1. The fraction of sp³-hybridized carbons (Fsp3) is 0.444. The minimum absolute atomic E-state index is 0.256. The summed E-state index contributed by atoms with van der Waals surface area (Å²) in [5, 5.41) is 3.39. The molecule has 2 heterocycles. The van der Waals surface area contributed by atoms with Gasteiger partial charge >= 0.3 is 6.09 Å². The van der Waals surface area contributed by atoms with Crippen molar-refractivity contribution >= 4 is 11.8 Å². The summed E-state index contributed by atoms with van der Waals surface area (Å²) in [6.07, 6.45) is 3.67. The lowest BCUT2D eigenvalue weighted by molar-refractivity contribution is 0.0224. The first-order chi connectivity index (χ1) is 11.4. The van der Waals surface area contributed by atoms with Crippen molar-refractivity contribution in [3.05, 3.63) is 47.7 Å². The van der Waals surface area contributed by atoms with Crippen LogP contribution in [-0.4, -0.2) is 28.1 Å². The predicted molar refractivity (Wildman–Crippen MR) is 90.6 cm³/mol. The number of carbonyl (C=O) groups is 1. The highest BCUT2D eigenvalue weighted by atomic mass is 16.6. The normalized spacial score (nSPS) is 14.2. The molecular formula is C18H23N3O3. The molecule has 0 bridgehead atoms. The molecule has 1 amide bonds. The van der Waals surface area contributed by atoms with E-state index in [1.54, 1.807) is 11.1 Å². The smallest absolute Gasteiger partial charge is 0.410 e. The van der Waals surface area contributed by atoms with E-state index in [9.17, 15) is 4.79 Å². The lowest BCUT2D eigenvalue weighted by Gasteiger charge is -2.32. The zero-order valence-electron chi connectivity index (χ0n) is 14.3. The monoisotopic (exact) mass is 329 g/mol. The number of hydrogen-bond acceptors (Lipinski definition) is 5. The molecule has 0 fully saturated rings. The van der Waals surface area contributed by atoms with Crippen LogP contribution < -0.4 is 5.32 Å². The number of oxazole rings is 1. The van der Waals surface area contributed by atoms with Gasteiger partial charge in [0, 0.05) is 18.8 Å². The van der Waals surface area contributed by atoms with Crippen molar-refractivity contribution in [1.29, 1.82) is 0 Å². The summed E-state index contributed by atoms with van der Waals surface area (Å²) < 4.78 is 10.7. The van der Waals surface area contributed by atoms with Gasteiger partial charge in [0.05, 0.1) is 12.7 Å². The Kier molecular flexibility index (Phi) is 4.46. The van der Waals surface area contributed by atoms with Crippen molar-refractivity contribution in [1.82, 2.24) is 9.88 Å². The second kappa shape index (κ2) is 6.55. The van der Waals surface area contributed by atoms with Crippen LogP contribution in [0, 0.1) is 0 Å². The van der Waals surface area contributed by atoms with Crippen LogP contribution in [0.15, 0.2) is 35.2 Å². The number of ether oxygens (including phenoxy) is 1. The van der Waals surface area contributed by atoms with Gasteiger partial charge in [0.2, 0.25) is 0 Å². The molecule has 0 saturated carbocycles. The van der Waals surface area contributed by atoms with Gasteiger partial charge in [0.25, 0.3) is 0 Å². The molecule has 0 aliphatic carbocycles. The van der Waals surface area contributed by atoms with Crippen molar-refractivity contribution in [2.75, 3.05) is 11.9 Å². The number of anilines is 1. The first-order valence-corrected chi connectivity index (χ1v) is 8.12. The van der Waals surface area contributed by atoms with Crippen LogP contribution in [0.1, 0.15) is 37.7 Å². The maximum atomic E-state index is 12.3. The minimum atomic E-state index is -0.474.